The van der Waals surface area contributed by atoms with Crippen molar-refractivity contribution >= 4 is 24.2 Å². The molecule has 0 N–H and O–H groups in total. The Morgan fingerprint density at radius 1 is 0.622 bits per heavy atom. The van der Waals surface area contributed by atoms with E-state index < -0.39 is 48.6 Å². The molecular weight excluding hydrogens is 480 g/mol. The Morgan fingerprint density at radius 3 is 1.38 bits per heavy atom. The largest absolute Gasteiger partial charge is 0.451 e. The quantitative estimate of drug-likeness (QED) is 0.259. The summed E-state index contributed by atoms with van der Waals surface area (Å²) in [4.78, 5) is 50.8. The molecule has 37 heavy (non-hydrogen) atoms. The van der Waals surface area contributed by atoms with E-state index in [2.05, 4.69) is 0 Å². The lowest BCUT2D eigenvalue weighted by molar-refractivity contribution is -0.278. The van der Waals surface area contributed by atoms with Crippen LogP contribution in [0, 0.1) is 0 Å². The molecular formula is C28H24O9. The van der Waals surface area contributed by atoms with Crippen molar-refractivity contribution in [2.75, 3.05) is 7.11 Å². The van der Waals surface area contributed by atoms with Gasteiger partial charge >= 0.3 is 17.9 Å². The molecule has 9 nitrogen and oxygen atoms in total. The van der Waals surface area contributed by atoms with Gasteiger partial charge in [-0.15, -0.1) is 0 Å². The number of carbonyl (C=O) groups excluding carboxylic acids is 4. The van der Waals surface area contributed by atoms with E-state index in [0.717, 1.165) is 0 Å². The topological polar surface area (TPSA) is 114 Å². The fourth-order valence-electron chi connectivity index (χ4n) is 3.83. The molecule has 0 aromatic heterocycles. The van der Waals surface area contributed by atoms with Crippen LogP contribution in [0.3, 0.4) is 0 Å². The molecule has 1 aliphatic heterocycles. The van der Waals surface area contributed by atoms with Gasteiger partial charge in [-0.05, 0) is 36.4 Å². The summed E-state index contributed by atoms with van der Waals surface area (Å²) >= 11 is 0. The van der Waals surface area contributed by atoms with Crippen molar-refractivity contribution in [1.29, 1.82) is 0 Å². The minimum absolute atomic E-state index is 0.201. The molecule has 0 amide bonds. The zero-order valence-electron chi connectivity index (χ0n) is 19.8. The number of hydrogen-bond donors (Lipinski definition) is 0. The van der Waals surface area contributed by atoms with Crippen molar-refractivity contribution in [3.8, 4) is 0 Å². The second-order valence-electron chi connectivity index (χ2n) is 8.05. The maximum Gasteiger partial charge on any atom is 0.338 e. The van der Waals surface area contributed by atoms with E-state index in [1.165, 1.54) is 31.4 Å². The zero-order chi connectivity index (χ0) is 26.2. The Hall–Kier alpha value is -4.34. The lowest BCUT2D eigenvalue weighted by Gasteiger charge is -2.42. The normalized spacial score (nSPS) is 22.9. The van der Waals surface area contributed by atoms with E-state index in [-0.39, 0.29) is 16.7 Å². The average molecular weight is 504 g/mol. The van der Waals surface area contributed by atoms with Gasteiger partial charge < -0.3 is 28.5 Å². The van der Waals surface area contributed by atoms with Crippen molar-refractivity contribution in [3.05, 3.63) is 108 Å². The Balaban J connectivity index is 1.69. The predicted molar refractivity (Wildman–Crippen MR) is 129 cm³/mol. The summed E-state index contributed by atoms with van der Waals surface area (Å²) in [5.41, 5.74) is 0.625. The van der Waals surface area contributed by atoms with Gasteiger partial charge in [0, 0.05) is 7.11 Å². The molecule has 5 atom stereocenters. The van der Waals surface area contributed by atoms with Crippen LogP contribution in [0.5, 0.6) is 0 Å². The third kappa shape index (κ3) is 6.08. The monoisotopic (exact) mass is 504 g/mol. The highest BCUT2D eigenvalue weighted by molar-refractivity contribution is 5.91. The number of rotatable bonds is 8. The fraction of sp³-hybridized carbons (Fsp3) is 0.214. The molecule has 0 spiro atoms. The molecule has 4 rings (SSSR count). The summed E-state index contributed by atoms with van der Waals surface area (Å²) in [6, 6.07) is 24.3. The van der Waals surface area contributed by atoms with E-state index in [9.17, 15) is 19.2 Å². The predicted octanol–water partition coefficient (Wildman–Crippen LogP) is 3.23. The van der Waals surface area contributed by atoms with Crippen LogP contribution in [-0.4, -0.2) is 62.0 Å². The minimum atomic E-state index is -1.45. The van der Waals surface area contributed by atoms with Gasteiger partial charge in [0.2, 0.25) is 0 Å². The number of hydrogen-bond acceptors (Lipinski definition) is 9. The first-order chi connectivity index (χ1) is 18.0. The highest BCUT2D eigenvalue weighted by atomic mass is 16.7. The second-order valence-corrected chi connectivity index (χ2v) is 8.05. The standard InChI is InChI=1S/C28H24O9/c1-33-28-24(37-27(32)20-15-9-4-10-16-20)23(36-26(31)19-13-7-3-8-14-19)22(21(17-29)34-28)35-25(30)18-11-5-2-6-12-18/h2-17,21-24,28H,1H3/t21-,22-,23+,24+,28+/m1/s1. The van der Waals surface area contributed by atoms with Gasteiger partial charge in [-0.1, -0.05) is 54.6 Å². The zero-order valence-corrected chi connectivity index (χ0v) is 19.8. The maximum atomic E-state index is 13.0. The number of carbonyl (C=O) groups is 4. The van der Waals surface area contributed by atoms with Gasteiger partial charge in [0.05, 0.1) is 16.7 Å². The van der Waals surface area contributed by atoms with Gasteiger partial charge in [0.1, 0.15) is 0 Å². The molecule has 1 heterocycles. The van der Waals surface area contributed by atoms with Crippen LogP contribution in [0.4, 0.5) is 0 Å². The van der Waals surface area contributed by atoms with Crippen LogP contribution < -0.4 is 0 Å². The number of esters is 3. The summed E-state index contributed by atoms with van der Waals surface area (Å²) in [5.74, 6) is -2.32. The molecule has 3 aromatic carbocycles. The van der Waals surface area contributed by atoms with E-state index >= 15 is 0 Å². The van der Waals surface area contributed by atoms with Gasteiger partial charge in [0.25, 0.3) is 0 Å². The minimum Gasteiger partial charge on any atom is -0.451 e. The summed E-state index contributed by atoms with van der Waals surface area (Å²) in [7, 11) is 1.28. The number of aldehydes is 1. The number of methoxy groups -OCH3 is 1. The lowest BCUT2D eigenvalue weighted by Crippen LogP contribution is -2.62. The Bertz CT molecular complexity index is 1210. The van der Waals surface area contributed by atoms with Gasteiger partial charge in [-0.3, -0.25) is 0 Å². The molecule has 9 heteroatoms. The Morgan fingerprint density at radius 2 is 1.00 bits per heavy atom. The Kier molecular flexibility index (Phi) is 8.40. The molecule has 0 bridgehead atoms. The van der Waals surface area contributed by atoms with Crippen molar-refractivity contribution in [2.45, 2.75) is 30.7 Å². The SMILES string of the molecule is CO[C@H]1O[C@H](C=O)[C@@H](OC(=O)c2ccccc2)[C@H](OC(=O)c2ccccc2)[C@@H]1OC(=O)c1ccccc1. The first-order valence-corrected chi connectivity index (χ1v) is 11.4. The molecule has 1 fully saturated rings. The average Bonchev–Trinajstić information content (AvgIpc) is 2.95. The van der Waals surface area contributed by atoms with Crippen LogP contribution in [0.1, 0.15) is 31.1 Å². The molecule has 0 saturated carbocycles. The second kappa shape index (κ2) is 12.1. The summed E-state index contributed by atoms with van der Waals surface area (Å²) in [6.07, 6.45) is -6.54. The van der Waals surface area contributed by atoms with Crippen LogP contribution in [0.25, 0.3) is 0 Å². The van der Waals surface area contributed by atoms with Crippen molar-refractivity contribution in [2.24, 2.45) is 0 Å². The van der Waals surface area contributed by atoms with Crippen LogP contribution in [-0.2, 0) is 28.5 Å². The lowest BCUT2D eigenvalue weighted by atomic mass is 9.98. The molecule has 0 unspecified atom stereocenters. The molecule has 1 saturated heterocycles. The van der Waals surface area contributed by atoms with Crippen LogP contribution in [0.15, 0.2) is 91.0 Å². The van der Waals surface area contributed by atoms with Gasteiger partial charge in [0.15, 0.2) is 37.0 Å². The van der Waals surface area contributed by atoms with Crippen molar-refractivity contribution in [1.82, 2.24) is 0 Å². The van der Waals surface area contributed by atoms with E-state index in [1.807, 2.05) is 0 Å². The molecule has 3 aromatic rings. The maximum absolute atomic E-state index is 13.0. The third-order valence-corrected chi connectivity index (χ3v) is 5.66. The Labute approximate surface area is 212 Å². The first-order valence-electron chi connectivity index (χ1n) is 11.4. The van der Waals surface area contributed by atoms with E-state index in [4.69, 9.17) is 23.7 Å². The molecule has 0 aliphatic carbocycles. The van der Waals surface area contributed by atoms with Crippen LogP contribution in [0.2, 0.25) is 0 Å². The van der Waals surface area contributed by atoms with Gasteiger partial charge in [-0.2, -0.15) is 0 Å². The van der Waals surface area contributed by atoms with Gasteiger partial charge in [-0.25, -0.2) is 14.4 Å². The van der Waals surface area contributed by atoms with Crippen molar-refractivity contribution in [3.63, 3.8) is 0 Å². The number of benzene rings is 3. The molecule has 1 aliphatic rings. The van der Waals surface area contributed by atoms with Crippen molar-refractivity contribution < 1.29 is 42.9 Å². The highest BCUT2D eigenvalue weighted by Gasteiger charge is 2.53. The van der Waals surface area contributed by atoms with E-state index in [1.54, 1.807) is 66.7 Å². The highest BCUT2D eigenvalue weighted by Crippen LogP contribution is 2.30. The smallest absolute Gasteiger partial charge is 0.338 e. The summed E-state index contributed by atoms with van der Waals surface area (Å²) in [5, 5.41) is 0. The summed E-state index contributed by atoms with van der Waals surface area (Å²) in [6.45, 7) is 0. The first kappa shape index (κ1) is 25.7. The summed E-state index contributed by atoms with van der Waals surface area (Å²) < 4.78 is 28.0. The van der Waals surface area contributed by atoms with Crippen LogP contribution >= 0.6 is 0 Å². The van der Waals surface area contributed by atoms with E-state index in [0.29, 0.717) is 6.29 Å². The molecule has 190 valence electrons. The number of ether oxygens (including phenoxy) is 5. The molecule has 0 radical (unpaired) electrons. The fourth-order valence-corrected chi connectivity index (χ4v) is 3.83. The third-order valence-electron chi connectivity index (χ3n) is 5.66.